The van der Waals surface area contributed by atoms with Gasteiger partial charge in [0, 0.05) is 13.1 Å². The smallest absolute Gasteiger partial charge is 0.244 e. The average Bonchev–Trinajstić information content (AvgIpc) is 2.76. The van der Waals surface area contributed by atoms with Crippen LogP contribution < -0.4 is 4.90 Å². The molecule has 0 atom stereocenters. The lowest BCUT2D eigenvalue weighted by Crippen LogP contribution is -2.24. The molecule has 0 aliphatic heterocycles. The van der Waals surface area contributed by atoms with Crippen molar-refractivity contribution in [2.24, 2.45) is 0 Å². The first-order valence-electron chi connectivity index (χ1n) is 6.13. The van der Waals surface area contributed by atoms with Gasteiger partial charge in [-0.15, -0.1) is 5.10 Å². The summed E-state index contributed by atoms with van der Waals surface area (Å²) >= 11 is 0. The maximum Gasteiger partial charge on any atom is 0.244 e. The monoisotopic (exact) mass is 225 g/mol. The van der Waals surface area contributed by atoms with Gasteiger partial charge in [-0.3, -0.25) is 10.00 Å². The molecule has 0 saturated carbocycles. The highest BCUT2D eigenvalue weighted by atomic mass is 15.4. The Kier molecular flexibility index (Phi) is 5.25. The maximum atomic E-state index is 4.51. The number of hydrogen-bond donors (Lipinski definition) is 1. The second-order valence-corrected chi connectivity index (χ2v) is 3.72. The number of anilines is 1. The van der Waals surface area contributed by atoms with Gasteiger partial charge in [-0.25, -0.2) is 0 Å². The highest BCUT2D eigenvalue weighted by Gasteiger charge is 2.10. The van der Waals surface area contributed by atoms with Crippen molar-refractivity contribution in [3.05, 3.63) is 5.82 Å². The highest BCUT2D eigenvalue weighted by molar-refractivity contribution is 5.27. The van der Waals surface area contributed by atoms with Gasteiger partial charge in [0.05, 0.1) is 6.54 Å². The van der Waals surface area contributed by atoms with Gasteiger partial charge in [-0.05, 0) is 26.9 Å². The first kappa shape index (κ1) is 13.0. The van der Waals surface area contributed by atoms with Crippen LogP contribution in [0.1, 0.15) is 33.5 Å². The van der Waals surface area contributed by atoms with Crippen molar-refractivity contribution in [3.8, 4) is 0 Å². The predicted octanol–water partition coefficient (Wildman–Crippen LogP) is 1.49. The van der Waals surface area contributed by atoms with E-state index in [2.05, 4.69) is 52.7 Å². The van der Waals surface area contributed by atoms with Gasteiger partial charge in [0.1, 0.15) is 5.82 Å². The zero-order valence-corrected chi connectivity index (χ0v) is 10.8. The zero-order valence-electron chi connectivity index (χ0n) is 10.8. The van der Waals surface area contributed by atoms with Crippen LogP contribution in [0.15, 0.2) is 0 Å². The van der Waals surface area contributed by atoms with E-state index in [0.717, 1.165) is 44.5 Å². The molecule has 1 aromatic heterocycles. The van der Waals surface area contributed by atoms with Crippen molar-refractivity contribution in [1.82, 2.24) is 20.1 Å². The third-order valence-electron chi connectivity index (χ3n) is 2.83. The number of hydrogen-bond acceptors (Lipinski definition) is 4. The van der Waals surface area contributed by atoms with Gasteiger partial charge in [0.15, 0.2) is 0 Å². The fourth-order valence-electron chi connectivity index (χ4n) is 1.66. The van der Waals surface area contributed by atoms with Crippen LogP contribution in [0.4, 0.5) is 5.95 Å². The van der Waals surface area contributed by atoms with Crippen LogP contribution in [0.3, 0.4) is 0 Å². The Morgan fingerprint density at radius 1 is 1.00 bits per heavy atom. The standard InChI is InChI=1S/C11H23N5/c1-5-15(6-2)9-10-12-11(14-13-10)16(7-3)8-4/h5-9H2,1-4H3,(H,12,13,14). The summed E-state index contributed by atoms with van der Waals surface area (Å²) in [6, 6.07) is 0. The number of aromatic nitrogens is 3. The number of nitrogens with zero attached hydrogens (tertiary/aromatic N) is 4. The molecule has 1 heterocycles. The lowest BCUT2D eigenvalue weighted by Gasteiger charge is -2.16. The van der Waals surface area contributed by atoms with Gasteiger partial charge in [-0.2, -0.15) is 4.98 Å². The molecule has 0 fully saturated rings. The zero-order chi connectivity index (χ0) is 12.0. The van der Waals surface area contributed by atoms with Crippen LogP contribution in [-0.2, 0) is 6.54 Å². The molecular formula is C11H23N5. The van der Waals surface area contributed by atoms with E-state index in [1.54, 1.807) is 0 Å². The molecule has 1 aromatic rings. The number of aromatic amines is 1. The predicted molar refractivity (Wildman–Crippen MR) is 66.6 cm³/mol. The minimum atomic E-state index is 0.812. The molecule has 0 saturated heterocycles. The van der Waals surface area contributed by atoms with E-state index < -0.39 is 0 Å². The molecule has 5 heteroatoms. The van der Waals surface area contributed by atoms with Crippen molar-refractivity contribution < 1.29 is 0 Å². The van der Waals surface area contributed by atoms with Crippen LogP contribution in [0.2, 0.25) is 0 Å². The fraction of sp³-hybridized carbons (Fsp3) is 0.818. The van der Waals surface area contributed by atoms with E-state index in [-0.39, 0.29) is 0 Å². The minimum Gasteiger partial charge on any atom is -0.340 e. The Morgan fingerprint density at radius 3 is 2.12 bits per heavy atom. The summed E-state index contributed by atoms with van der Waals surface area (Å²) in [6.45, 7) is 13.4. The van der Waals surface area contributed by atoms with Crippen molar-refractivity contribution in [2.45, 2.75) is 34.2 Å². The van der Waals surface area contributed by atoms with E-state index >= 15 is 0 Å². The summed E-state index contributed by atoms with van der Waals surface area (Å²) in [5.41, 5.74) is 0. The molecule has 92 valence electrons. The third kappa shape index (κ3) is 3.20. The fourth-order valence-corrected chi connectivity index (χ4v) is 1.66. The summed E-state index contributed by atoms with van der Waals surface area (Å²) < 4.78 is 0. The molecule has 1 N–H and O–H groups in total. The average molecular weight is 225 g/mol. The van der Waals surface area contributed by atoms with Crippen molar-refractivity contribution >= 4 is 5.95 Å². The molecule has 0 radical (unpaired) electrons. The van der Waals surface area contributed by atoms with Gasteiger partial charge >= 0.3 is 0 Å². The SMILES string of the molecule is CCN(CC)Cc1nc(N(CC)CC)n[nH]1. The summed E-state index contributed by atoms with van der Waals surface area (Å²) in [5, 5.41) is 7.25. The van der Waals surface area contributed by atoms with Crippen molar-refractivity contribution in [2.75, 3.05) is 31.1 Å². The number of H-pyrrole nitrogens is 1. The molecule has 0 aromatic carbocycles. The van der Waals surface area contributed by atoms with Crippen LogP contribution in [0.5, 0.6) is 0 Å². The van der Waals surface area contributed by atoms with Gasteiger partial charge < -0.3 is 4.90 Å². The van der Waals surface area contributed by atoms with Crippen LogP contribution in [0.25, 0.3) is 0 Å². The molecule has 0 unspecified atom stereocenters. The first-order chi connectivity index (χ1) is 7.74. The second kappa shape index (κ2) is 6.48. The van der Waals surface area contributed by atoms with Crippen LogP contribution >= 0.6 is 0 Å². The maximum absolute atomic E-state index is 4.51. The molecule has 0 bridgehead atoms. The first-order valence-corrected chi connectivity index (χ1v) is 6.13. The van der Waals surface area contributed by atoms with Crippen LogP contribution in [0, 0.1) is 0 Å². The quantitative estimate of drug-likeness (QED) is 0.764. The van der Waals surface area contributed by atoms with E-state index in [1.165, 1.54) is 0 Å². The number of nitrogens with one attached hydrogen (secondary N) is 1. The molecule has 0 amide bonds. The molecular weight excluding hydrogens is 202 g/mol. The summed E-state index contributed by atoms with van der Waals surface area (Å²) in [5.74, 6) is 1.76. The second-order valence-electron chi connectivity index (χ2n) is 3.72. The van der Waals surface area contributed by atoms with Gasteiger partial charge in [0.25, 0.3) is 0 Å². The largest absolute Gasteiger partial charge is 0.340 e. The summed E-state index contributed by atoms with van der Waals surface area (Å²) in [4.78, 5) is 8.96. The highest BCUT2D eigenvalue weighted by Crippen LogP contribution is 2.07. The molecule has 0 aliphatic rings. The van der Waals surface area contributed by atoms with E-state index in [1.807, 2.05) is 0 Å². The van der Waals surface area contributed by atoms with Gasteiger partial charge in [-0.1, -0.05) is 13.8 Å². The molecule has 16 heavy (non-hydrogen) atoms. The topological polar surface area (TPSA) is 48.1 Å². The normalized spacial score (nSPS) is 11.1. The summed E-state index contributed by atoms with van der Waals surface area (Å²) in [7, 11) is 0. The summed E-state index contributed by atoms with van der Waals surface area (Å²) in [6.07, 6.45) is 0. The van der Waals surface area contributed by atoms with E-state index in [4.69, 9.17) is 0 Å². The minimum absolute atomic E-state index is 0.812. The lowest BCUT2D eigenvalue weighted by atomic mass is 10.4. The van der Waals surface area contributed by atoms with E-state index in [0.29, 0.717) is 0 Å². The molecule has 1 rings (SSSR count). The third-order valence-corrected chi connectivity index (χ3v) is 2.83. The Morgan fingerprint density at radius 2 is 1.62 bits per heavy atom. The molecule has 0 aliphatic carbocycles. The Bertz CT molecular complexity index is 288. The number of rotatable bonds is 7. The van der Waals surface area contributed by atoms with Crippen molar-refractivity contribution in [1.29, 1.82) is 0 Å². The molecule has 5 nitrogen and oxygen atoms in total. The molecule has 0 spiro atoms. The van der Waals surface area contributed by atoms with E-state index in [9.17, 15) is 0 Å². The lowest BCUT2D eigenvalue weighted by molar-refractivity contribution is 0.288. The van der Waals surface area contributed by atoms with Gasteiger partial charge in [0.2, 0.25) is 5.95 Å². The Labute approximate surface area is 97.9 Å². The van der Waals surface area contributed by atoms with Crippen molar-refractivity contribution in [3.63, 3.8) is 0 Å². The Balaban J connectivity index is 2.63. The van der Waals surface area contributed by atoms with Crippen LogP contribution in [-0.4, -0.2) is 46.3 Å². The Hall–Kier alpha value is -1.10.